The van der Waals surface area contributed by atoms with Gasteiger partial charge in [0, 0.05) is 13.6 Å². The van der Waals surface area contributed by atoms with E-state index in [-0.39, 0.29) is 11.9 Å². The second kappa shape index (κ2) is 5.25. The molecule has 0 spiro atoms. The van der Waals surface area contributed by atoms with Crippen LogP contribution in [0.25, 0.3) is 11.0 Å². The van der Waals surface area contributed by atoms with Gasteiger partial charge in [-0.2, -0.15) is 0 Å². The zero-order chi connectivity index (χ0) is 14.9. The van der Waals surface area contributed by atoms with Gasteiger partial charge in [0.15, 0.2) is 0 Å². The molecule has 5 heteroatoms. The zero-order valence-corrected chi connectivity index (χ0v) is 12.4. The van der Waals surface area contributed by atoms with E-state index in [2.05, 4.69) is 4.98 Å². The molecule has 20 heavy (non-hydrogen) atoms. The van der Waals surface area contributed by atoms with E-state index in [1.54, 1.807) is 32.1 Å². The number of hydrogen-bond acceptors (Lipinski definition) is 3. The lowest BCUT2D eigenvalue weighted by Crippen LogP contribution is -2.42. The summed E-state index contributed by atoms with van der Waals surface area (Å²) in [7, 11) is 1.70. The molecule has 5 nitrogen and oxygen atoms in total. The summed E-state index contributed by atoms with van der Waals surface area (Å²) in [6, 6.07) is 7.37. The Morgan fingerprint density at radius 1 is 1.45 bits per heavy atom. The lowest BCUT2D eigenvalue weighted by Gasteiger charge is -2.28. The Morgan fingerprint density at radius 2 is 2.10 bits per heavy atom. The van der Waals surface area contributed by atoms with Crippen molar-refractivity contribution < 1.29 is 9.90 Å². The molecule has 1 aromatic heterocycles. The normalized spacial score (nSPS) is 13.4. The standard InChI is InChI=1S/C15H21N3O2/c1-11(14(19)17(4)9-15(2,3)20)18-10-16-12-7-5-6-8-13(12)18/h5-8,10-11,20H,9H2,1-4H3. The molecule has 1 heterocycles. The monoisotopic (exact) mass is 275 g/mol. The number of rotatable bonds is 4. The quantitative estimate of drug-likeness (QED) is 0.926. The van der Waals surface area contributed by atoms with Crippen molar-refractivity contribution in [3.63, 3.8) is 0 Å². The maximum Gasteiger partial charge on any atom is 0.245 e. The molecule has 0 saturated heterocycles. The fraction of sp³-hybridized carbons (Fsp3) is 0.467. The van der Waals surface area contributed by atoms with Crippen molar-refractivity contribution in [2.45, 2.75) is 32.4 Å². The molecule has 0 fully saturated rings. The van der Waals surface area contributed by atoms with Gasteiger partial charge in [-0.15, -0.1) is 0 Å². The number of carbonyl (C=O) groups excluding carboxylic acids is 1. The minimum atomic E-state index is -0.902. The largest absolute Gasteiger partial charge is 0.389 e. The highest BCUT2D eigenvalue weighted by atomic mass is 16.3. The molecule has 0 aliphatic carbocycles. The summed E-state index contributed by atoms with van der Waals surface area (Å²) in [6.45, 7) is 5.52. The molecular formula is C15H21N3O2. The van der Waals surface area contributed by atoms with Crippen LogP contribution in [0.5, 0.6) is 0 Å². The molecule has 1 unspecified atom stereocenters. The first-order valence-corrected chi connectivity index (χ1v) is 6.68. The second-order valence-corrected chi connectivity index (χ2v) is 5.82. The van der Waals surface area contributed by atoms with Crippen LogP contribution < -0.4 is 0 Å². The summed E-state index contributed by atoms with van der Waals surface area (Å²) >= 11 is 0. The lowest BCUT2D eigenvalue weighted by molar-refractivity contribution is -0.135. The summed E-state index contributed by atoms with van der Waals surface area (Å²) in [5, 5.41) is 9.81. The Hall–Kier alpha value is -1.88. The van der Waals surface area contributed by atoms with Gasteiger partial charge < -0.3 is 14.6 Å². The van der Waals surface area contributed by atoms with Crippen LogP contribution in [-0.4, -0.2) is 44.7 Å². The van der Waals surface area contributed by atoms with Crippen molar-refractivity contribution in [3.05, 3.63) is 30.6 Å². The highest BCUT2D eigenvalue weighted by Crippen LogP contribution is 2.19. The van der Waals surface area contributed by atoms with Crippen molar-refractivity contribution >= 4 is 16.9 Å². The van der Waals surface area contributed by atoms with Crippen LogP contribution in [-0.2, 0) is 4.79 Å². The van der Waals surface area contributed by atoms with Crippen molar-refractivity contribution in [2.24, 2.45) is 0 Å². The molecular weight excluding hydrogens is 254 g/mol. The van der Waals surface area contributed by atoms with Gasteiger partial charge in [0.05, 0.1) is 23.0 Å². The van der Waals surface area contributed by atoms with Gasteiger partial charge in [-0.05, 0) is 32.9 Å². The number of aliphatic hydroxyl groups is 1. The average Bonchev–Trinajstić information content (AvgIpc) is 2.78. The van der Waals surface area contributed by atoms with Gasteiger partial charge in [0.25, 0.3) is 0 Å². The number of imidazole rings is 1. The van der Waals surface area contributed by atoms with E-state index in [0.29, 0.717) is 6.54 Å². The van der Waals surface area contributed by atoms with Crippen molar-refractivity contribution in [1.29, 1.82) is 0 Å². The number of nitrogens with zero attached hydrogens (tertiary/aromatic N) is 3. The number of carbonyl (C=O) groups is 1. The van der Waals surface area contributed by atoms with Crippen molar-refractivity contribution in [2.75, 3.05) is 13.6 Å². The summed E-state index contributed by atoms with van der Waals surface area (Å²) in [4.78, 5) is 18.3. The first-order chi connectivity index (χ1) is 9.29. The lowest BCUT2D eigenvalue weighted by atomic mass is 10.1. The van der Waals surface area contributed by atoms with Crippen LogP contribution in [0.2, 0.25) is 0 Å². The van der Waals surface area contributed by atoms with E-state index in [9.17, 15) is 9.90 Å². The van der Waals surface area contributed by atoms with E-state index in [4.69, 9.17) is 0 Å². The molecule has 0 bridgehead atoms. The second-order valence-electron chi connectivity index (χ2n) is 5.82. The molecule has 1 atom stereocenters. The Kier molecular flexibility index (Phi) is 3.81. The molecule has 0 aliphatic heterocycles. The number of benzene rings is 1. The molecule has 0 radical (unpaired) electrons. The molecule has 2 aromatic rings. The van der Waals surface area contributed by atoms with Crippen molar-refractivity contribution in [3.8, 4) is 0 Å². The van der Waals surface area contributed by atoms with Crippen LogP contribution in [0.4, 0.5) is 0 Å². The first-order valence-electron chi connectivity index (χ1n) is 6.68. The van der Waals surface area contributed by atoms with E-state index in [1.807, 2.05) is 35.8 Å². The number of likely N-dealkylation sites (N-methyl/N-ethyl adjacent to an activating group) is 1. The number of hydrogen-bond donors (Lipinski definition) is 1. The molecule has 108 valence electrons. The maximum absolute atomic E-state index is 12.4. The van der Waals surface area contributed by atoms with Gasteiger partial charge in [0.2, 0.25) is 5.91 Å². The molecule has 0 aliphatic rings. The predicted molar refractivity (Wildman–Crippen MR) is 78.4 cm³/mol. The zero-order valence-electron chi connectivity index (χ0n) is 12.4. The minimum Gasteiger partial charge on any atom is -0.389 e. The molecule has 2 rings (SSSR count). The molecule has 1 N–H and O–H groups in total. The molecule has 1 aromatic carbocycles. The van der Waals surface area contributed by atoms with Gasteiger partial charge in [-0.25, -0.2) is 4.98 Å². The summed E-state index contributed by atoms with van der Waals surface area (Å²) < 4.78 is 1.86. The van der Waals surface area contributed by atoms with Gasteiger partial charge in [0.1, 0.15) is 6.04 Å². The van der Waals surface area contributed by atoms with Crippen LogP contribution >= 0.6 is 0 Å². The average molecular weight is 275 g/mol. The minimum absolute atomic E-state index is 0.0460. The van der Waals surface area contributed by atoms with Crippen LogP contribution in [0.3, 0.4) is 0 Å². The van der Waals surface area contributed by atoms with Crippen LogP contribution in [0.1, 0.15) is 26.8 Å². The van der Waals surface area contributed by atoms with E-state index >= 15 is 0 Å². The number of fused-ring (bicyclic) bond motifs is 1. The van der Waals surface area contributed by atoms with Gasteiger partial charge >= 0.3 is 0 Å². The fourth-order valence-electron chi connectivity index (χ4n) is 2.38. The highest BCUT2D eigenvalue weighted by Gasteiger charge is 2.24. The third-order valence-corrected chi connectivity index (χ3v) is 3.26. The van der Waals surface area contributed by atoms with Crippen molar-refractivity contribution in [1.82, 2.24) is 14.5 Å². The highest BCUT2D eigenvalue weighted by molar-refractivity contribution is 5.83. The summed E-state index contributed by atoms with van der Waals surface area (Å²) in [6.07, 6.45) is 1.69. The third kappa shape index (κ3) is 2.99. The van der Waals surface area contributed by atoms with Crippen LogP contribution in [0.15, 0.2) is 30.6 Å². The van der Waals surface area contributed by atoms with E-state index in [0.717, 1.165) is 11.0 Å². The first kappa shape index (κ1) is 14.5. The van der Waals surface area contributed by atoms with Crippen LogP contribution in [0, 0.1) is 0 Å². The molecule has 0 saturated carbocycles. The topological polar surface area (TPSA) is 58.4 Å². The number of aromatic nitrogens is 2. The SMILES string of the molecule is CC(C(=O)N(C)CC(C)(C)O)n1cnc2ccccc21. The third-order valence-electron chi connectivity index (χ3n) is 3.26. The predicted octanol–water partition coefficient (Wildman–Crippen LogP) is 1.83. The Morgan fingerprint density at radius 3 is 2.75 bits per heavy atom. The van der Waals surface area contributed by atoms with E-state index in [1.165, 1.54) is 0 Å². The number of para-hydroxylation sites is 2. The Balaban J connectivity index is 2.22. The maximum atomic E-state index is 12.4. The van der Waals surface area contributed by atoms with E-state index < -0.39 is 5.60 Å². The van der Waals surface area contributed by atoms with Gasteiger partial charge in [-0.1, -0.05) is 12.1 Å². The fourth-order valence-corrected chi connectivity index (χ4v) is 2.38. The Bertz CT molecular complexity index is 613. The summed E-state index contributed by atoms with van der Waals surface area (Å²) in [5.74, 6) is -0.0460. The Labute approximate surface area is 118 Å². The smallest absolute Gasteiger partial charge is 0.245 e. The van der Waals surface area contributed by atoms with Gasteiger partial charge in [-0.3, -0.25) is 4.79 Å². The summed E-state index contributed by atoms with van der Waals surface area (Å²) in [5.41, 5.74) is 0.906. The number of amides is 1. The molecule has 1 amide bonds.